The fourth-order valence-electron chi connectivity index (χ4n) is 6.64. The van der Waals surface area contributed by atoms with Crippen molar-refractivity contribution in [3.05, 3.63) is 88.7 Å². The zero-order valence-electron chi connectivity index (χ0n) is 33.3. The fraction of sp³-hybridized carbons (Fsp3) is 0.455. The first-order valence-electron chi connectivity index (χ1n) is 19.3. The Morgan fingerprint density at radius 2 is 1.60 bits per heavy atom. The zero-order valence-corrected chi connectivity index (χ0v) is 33.3. The average molecular weight is 752 g/mol. The third-order valence-corrected chi connectivity index (χ3v) is 9.59. The highest BCUT2D eigenvalue weighted by Crippen LogP contribution is 2.38. The van der Waals surface area contributed by atoms with Crippen LogP contribution in [0.2, 0.25) is 0 Å². The maximum atomic E-state index is 13.7. The highest BCUT2D eigenvalue weighted by molar-refractivity contribution is 6.42. The number of ketones is 2. The second kappa shape index (κ2) is 19.3. The minimum Gasteiger partial charge on any atom is -0.359 e. The van der Waals surface area contributed by atoms with Crippen LogP contribution in [0.25, 0.3) is 11.6 Å². The second-order valence-corrected chi connectivity index (χ2v) is 16.2. The molecule has 5 amide bonds. The molecule has 2 unspecified atom stereocenters. The Labute approximate surface area is 325 Å². The van der Waals surface area contributed by atoms with Crippen molar-refractivity contribution in [3.63, 3.8) is 0 Å². The van der Waals surface area contributed by atoms with Gasteiger partial charge in [0, 0.05) is 48.7 Å². The number of urea groups is 1. The molecular weight excluding hydrogens is 695 g/mol. The molecule has 1 aromatic heterocycles. The molecule has 4 rings (SSSR count). The molecule has 2 atom stereocenters. The first-order valence-corrected chi connectivity index (χ1v) is 19.3. The van der Waals surface area contributed by atoms with Crippen LogP contribution in [-0.2, 0) is 30.4 Å². The number of aryl methyl sites for hydroxylation is 2. The van der Waals surface area contributed by atoms with Crippen LogP contribution in [0.1, 0.15) is 101 Å². The largest absolute Gasteiger partial charge is 0.359 e. The molecule has 2 aromatic carbocycles. The van der Waals surface area contributed by atoms with Crippen molar-refractivity contribution in [2.45, 2.75) is 99.5 Å². The molecule has 0 aliphatic carbocycles. The Morgan fingerprint density at radius 1 is 0.909 bits per heavy atom. The summed E-state index contributed by atoms with van der Waals surface area (Å²) in [6, 6.07) is 17.2. The summed E-state index contributed by atoms with van der Waals surface area (Å²) in [6.07, 6.45) is 3.80. The highest BCUT2D eigenvalue weighted by atomic mass is 16.2. The van der Waals surface area contributed by atoms with Gasteiger partial charge in [-0.15, -0.1) is 0 Å². The predicted molar refractivity (Wildman–Crippen MR) is 216 cm³/mol. The van der Waals surface area contributed by atoms with E-state index in [0.717, 1.165) is 27.4 Å². The Bertz CT molecular complexity index is 1890. The van der Waals surface area contributed by atoms with E-state index >= 15 is 0 Å². The fourth-order valence-corrected chi connectivity index (χ4v) is 6.64. The lowest BCUT2D eigenvalue weighted by molar-refractivity contribution is -0.132. The Balaban J connectivity index is 1.31. The van der Waals surface area contributed by atoms with Crippen molar-refractivity contribution < 1.29 is 28.8 Å². The number of nitrogens with one attached hydrogen (secondary N) is 4. The minimum atomic E-state index is -0.743. The van der Waals surface area contributed by atoms with Gasteiger partial charge in [-0.2, -0.15) is 0 Å². The van der Waals surface area contributed by atoms with E-state index in [2.05, 4.69) is 41.7 Å². The van der Waals surface area contributed by atoms with Crippen LogP contribution in [0.3, 0.4) is 0 Å². The molecule has 0 bridgehead atoms. The van der Waals surface area contributed by atoms with E-state index in [0.29, 0.717) is 48.9 Å². The molecule has 0 saturated carbocycles. The van der Waals surface area contributed by atoms with E-state index < -0.39 is 29.8 Å². The van der Waals surface area contributed by atoms with Gasteiger partial charge in [-0.05, 0) is 80.2 Å². The minimum absolute atomic E-state index is 0.0236. The topological polar surface area (TPSA) is 158 Å². The molecule has 1 aliphatic heterocycles. The molecule has 11 nitrogen and oxygen atoms in total. The van der Waals surface area contributed by atoms with E-state index in [-0.39, 0.29) is 54.7 Å². The monoisotopic (exact) mass is 751 g/mol. The van der Waals surface area contributed by atoms with Crippen LogP contribution in [0.15, 0.2) is 60.7 Å². The Morgan fingerprint density at radius 3 is 2.25 bits per heavy atom. The van der Waals surface area contributed by atoms with Crippen molar-refractivity contribution in [1.82, 2.24) is 20.9 Å². The number of hydrogen-bond acceptors (Lipinski definition) is 6. The van der Waals surface area contributed by atoms with Gasteiger partial charge in [-0.3, -0.25) is 24.0 Å². The number of carbonyl (C=O) groups excluding carboxylic acids is 6. The number of aromatic amines is 1. The van der Waals surface area contributed by atoms with Crippen molar-refractivity contribution in [2.75, 3.05) is 18.0 Å². The summed E-state index contributed by atoms with van der Waals surface area (Å²) in [5.41, 5.74) is 5.16. The third kappa shape index (κ3) is 12.6. The number of aromatic nitrogens is 1. The maximum absolute atomic E-state index is 13.7. The standard InChI is InChI=1S/C44H57N5O6/c1-28(2)22-37(48-40(52)19-20-44(5,6)7)39(51)25-32(24-31-14-9-8-10-15-31)41(53)46-27-33(50)16-13-21-45-43(55)49-38-18-12-11-17-34(38)35(42(49)54)26-36-29(3)23-30(4)47-36/h8-12,14-15,17-18,23,26,28,32,37,47H,13,16,19-22,24-25,27H2,1-7H3,(H,45,55)(H,46,53)(H,48,52)/b35-26-. The highest BCUT2D eigenvalue weighted by Gasteiger charge is 2.36. The van der Waals surface area contributed by atoms with Gasteiger partial charge in [0.15, 0.2) is 11.6 Å². The number of imide groups is 1. The molecule has 55 heavy (non-hydrogen) atoms. The van der Waals surface area contributed by atoms with E-state index in [4.69, 9.17) is 0 Å². The quantitative estimate of drug-likeness (QED) is 0.0821. The molecule has 4 N–H and O–H groups in total. The van der Waals surface area contributed by atoms with E-state index in [1.165, 1.54) is 0 Å². The van der Waals surface area contributed by atoms with Crippen LogP contribution < -0.4 is 20.9 Å². The van der Waals surface area contributed by atoms with Gasteiger partial charge in [0.2, 0.25) is 11.8 Å². The van der Waals surface area contributed by atoms with E-state index in [1.807, 2.05) is 76.2 Å². The van der Waals surface area contributed by atoms with Crippen LogP contribution in [0, 0.1) is 31.1 Å². The lowest BCUT2D eigenvalue weighted by Gasteiger charge is -2.24. The van der Waals surface area contributed by atoms with Crippen LogP contribution >= 0.6 is 0 Å². The van der Waals surface area contributed by atoms with Crippen LogP contribution in [-0.4, -0.2) is 59.4 Å². The van der Waals surface area contributed by atoms with Gasteiger partial charge in [0.05, 0.1) is 23.8 Å². The molecule has 0 saturated heterocycles. The number of amides is 5. The van der Waals surface area contributed by atoms with Gasteiger partial charge in [-0.1, -0.05) is 83.1 Å². The molecule has 1 aliphatic rings. The molecule has 294 valence electrons. The molecule has 11 heteroatoms. The summed E-state index contributed by atoms with van der Waals surface area (Å²) in [4.78, 5) is 84.0. The number of carbonyl (C=O) groups is 6. The van der Waals surface area contributed by atoms with Gasteiger partial charge < -0.3 is 20.9 Å². The summed E-state index contributed by atoms with van der Waals surface area (Å²) in [7, 11) is 0. The second-order valence-electron chi connectivity index (χ2n) is 16.2. The van der Waals surface area contributed by atoms with Crippen LogP contribution in [0.5, 0.6) is 0 Å². The average Bonchev–Trinajstić information content (AvgIpc) is 3.60. The van der Waals surface area contributed by atoms with Gasteiger partial charge in [0.1, 0.15) is 0 Å². The number of para-hydroxylation sites is 1. The number of hydrogen-bond donors (Lipinski definition) is 4. The SMILES string of the molecule is Cc1cc(C)c(/C=C2\C(=O)N(C(=O)NCCCC(=O)CNC(=O)C(CC(=O)C(CC(C)C)NC(=O)CCC(C)(C)C)Cc3ccccc3)c3ccccc32)[nH]1. The van der Waals surface area contributed by atoms with Crippen molar-refractivity contribution in [1.29, 1.82) is 0 Å². The van der Waals surface area contributed by atoms with Crippen molar-refractivity contribution in [2.24, 2.45) is 17.3 Å². The van der Waals surface area contributed by atoms with Gasteiger partial charge >= 0.3 is 6.03 Å². The zero-order chi connectivity index (χ0) is 40.3. The maximum Gasteiger partial charge on any atom is 0.329 e. The van der Waals surface area contributed by atoms with Crippen molar-refractivity contribution in [3.8, 4) is 0 Å². The predicted octanol–water partition coefficient (Wildman–Crippen LogP) is 6.87. The normalized spacial score (nSPS) is 14.4. The lowest BCUT2D eigenvalue weighted by Crippen LogP contribution is -2.44. The number of H-pyrrole nitrogens is 1. The number of fused-ring (bicyclic) bond motifs is 1. The molecular formula is C44H57N5O6. The smallest absolute Gasteiger partial charge is 0.329 e. The number of nitrogens with zero attached hydrogens (tertiary/aromatic N) is 1. The third-order valence-electron chi connectivity index (χ3n) is 9.59. The summed E-state index contributed by atoms with van der Waals surface area (Å²) >= 11 is 0. The van der Waals surface area contributed by atoms with E-state index in [1.54, 1.807) is 18.2 Å². The molecule has 0 fully saturated rings. The first-order chi connectivity index (χ1) is 26.0. The molecule has 0 radical (unpaired) electrons. The Kier molecular flexibility index (Phi) is 14.9. The Hall–Kier alpha value is -5.32. The summed E-state index contributed by atoms with van der Waals surface area (Å²) in [5.74, 6) is -2.09. The number of Topliss-reactive ketones (excluding diaryl/α,β-unsaturated/α-hetero) is 2. The summed E-state index contributed by atoms with van der Waals surface area (Å²) in [5, 5.41) is 8.42. The first kappa shape index (κ1) is 42.4. The van der Waals surface area contributed by atoms with Crippen molar-refractivity contribution >= 4 is 52.7 Å². The number of anilines is 1. The molecule has 0 spiro atoms. The molecule has 3 aromatic rings. The number of benzene rings is 2. The van der Waals surface area contributed by atoms with E-state index in [9.17, 15) is 28.8 Å². The summed E-state index contributed by atoms with van der Waals surface area (Å²) in [6.45, 7) is 14.0. The summed E-state index contributed by atoms with van der Waals surface area (Å²) < 4.78 is 0. The number of rotatable bonds is 18. The van der Waals surface area contributed by atoms with Gasteiger partial charge in [0.25, 0.3) is 5.91 Å². The molecule has 2 heterocycles. The lowest BCUT2D eigenvalue weighted by atomic mass is 9.88. The van der Waals surface area contributed by atoms with Gasteiger partial charge in [-0.25, -0.2) is 9.69 Å². The van der Waals surface area contributed by atoms with Crippen LogP contribution in [0.4, 0.5) is 10.5 Å².